The number of hydrogen-bond acceptors (Lipinski definition) is 3. The van der Waals surface area contributed by atoms with Crippen LogP contribution in [0.25, 0.3) is 0 Å². The monoisotopic (exact) mass is 153 g/mol. The SMILES string of the molecule is C#CB1NB(C#C)NB(C#C)N1. The fourth-order valence-corrected chi connectivity index (χ4v) is 0.933. The van der Waals surface area contributed by atoms with Gasteiger partial charge in [0, 0.05) is 0 Å². The van der Waals surface area contributed by atoms with E-state index in [2.05, 4.69) is 32.9 Å². The maximum atomic E-state index is 5.20. The van der Waals surface area contributed by atoms with Crippen molar-refractivity contribution in [3.63, 3.8) is 0 Å². The first-order valence-corrected chi connectivity index (χ1v) is 3.46. The molecule has 0 unspecified atom stereocenters. The molecular weight excluding hydrogens is 147 g/mol. The summed E-state index contributed by atoms with van der Waals surface area (Å²) in [6.07, 6.45) is 15.6. The third-order valence-electron chi connectivity index (χ3n) is 1.50. The highest BCUT2D eigenvalue weighted by molar-refractivity contribution is 6.94. The van der Waals surface area contributed by atoms with Crippen molar-refractivity contribution >= 4 is 20.9 Å². The molecule has 0 atom stereocenters. The highest BCUT2D eigenvalue weighted by atomic mass is 15.0. The van der Waals surface area contributed by atoms with E-state index in [1.165, 1.54) is 0 Å². The van der Waals surface area contributed by atoms with Gasteiger partial charge in [-0.3, -0.25) is 0 Å². The topological polar surface area (TPSA) is 36.1 Å². The first-order chi connectivity index (χ1) is 5.80. The number of rotatable bonds is 0. The normalized spacial score (nSPS) is 16.2. The van der Waals surface area contributed by atoms with Gasteiger partial charge in [-0.25, -0.2) is 0 Å². The fraction of sp³-hybridized carbons (Fsp3) is 0. The van der Waals surface area contributed by atoms with Gasteiger partial charge in [-0.15, -0.1) is 36.7 Å². The Balaban J connectivity index is 2.63. The molecule has 12 heavy (non-hydrogen) atoms. The minimum Gasteiger partial charge on any atom is -0.348 e. The zero-order chi connectivity index (χ0) is 8.97. The molecular formula is C6H6B3N3. The summed E-state index contributed by atoms with van der Waals surface area (Å²) in [6, 6.07) is 0. The third-order valence-corrected chi connectivity index (χ3v) is 1.50. The standard InChI is InChI=1S/C6H6B3N3/c1-4-7-10-8(5-2)12-9(6-3)11-7/h1-3,10-12H. The summed E-state index contributed by atoms with van der Waals surface area (Å²) in [6.45, 7) is -0.810. The van der Waals surface area contributed by atoms with Gasteiger partial charge in [0.2, 0.25) is 0 Å². The molecule has 3 nitrogen and oxygen atoms in total. The summed E-state index contributed by atoms with van der Waals surface area (Å²) < 4.78 is 0. The van der Waals surface area contributed by atoms with Gasteiger partial charge in [-0.05, 0) is 0 Å². The lowest BCUT2D eigenvalue weighted by atomic mass is 9.50. The van der Waals surface area contributed by atoms with Crippen LogP contribution < -0.4 is 15.4 Å². The van der Waals surface area contributed by atoms with E-state index in [0.717, 1.165) is 0 Å². The molecule has 1 fully saturated rings. The lowest BCUT2D eigenvalue weighted by molar-refractivity contribution is 1.21. The van der Waals surface area contributed by atoms with Crippen LogP contribution in [-0.4, -0.2) is 20.9 Å². The van der Waals surface area contributed by atoms with E-state index in [9.17, 15) is 0 Å². The molecule has 0 aromatic carbocycles. The van der Waals surface area contributed by atoms with Crippen LogP contribution in [0.5, 0.6) is 0 Å². The molecule has 0 aromatic rings. The maximum Gasteiger partial charge on any atom is 0.375 e. The summed E-state index contributed by atoms with van der Waals surface area (Å²) >= 11 is 0. The molecule has 0 bridgehead atoms. The lowest BCUT2D eigenvalue weighted by Gasteiger charge is -2.24. The first-order valence-electron chi connectivity index (χ1n) is 3.46. The summed E-state index contributed by atoms with van der Waals surface area (Å²) in [4.78, 5) is 0. The van der Waals surface area contributed by atoms with E-state index >= 15 is 0 Å². The van der Waals surface area contributed by atoms with Gasteiger partial charge in [0.1, 0.15) is 0 Å². The molecule has 1 saturated heterocycles. The Morgan fingerprint density at radius 1 is 0.667 bits per heavy atom. The number of terminal acetylenes is 3. The minimum absolute atomic E-state index is 0.270. The summed E-state index contributed by atoms with van der Waals surface area (Å²) in [5, 5.41) is 8.78. The van der Waals surface area contributed by atoms with Crippen LogP contribution in [-0.2, 0) is 0 Å². The highest BCUT2D eigenvalue weighted by Gasteiger charge is 2.32. The molecule has 54 valence electrons. The Labute approximate surface area is 73.8 Å². The molecule has 1 aliphatic rings. The molecule has 0 amide bonds. The van der Waals surface area contributed by atoms with Crippen LogP contribution in [0.15, 0.2) is 0 Å². The maximum absolute atomic E-state index is 5.20. The lowest BCUT2D eigenvalue weighted by Crippen LogP contribution is -2.74. The molecule has 6 heteroatoms. The van der Waals surface area contributed by atoms with Crippen molar-refractivity contribution < 1.29 is 0 Å². The Hall–Kier alpha value is -1.25. The van der Waals surface area contributed by atoms with E-state index in [-0.39, 0.29) is 20.9 Å². The Morgan fingerprint density at radius 3 is 1.08 bits per heavy atom. The van der Waals surface area contributed by atoms with Crippen LogP contribution >= 0.6 is 0 Å². The second-order valence-electron chi connectivity index (χ2n) is 2.30. The zero-order valence-electron chi connectivity index (χ0n) is 6.46. The fourth-order valence-electron chi connectivity index (χ4n) is 0.933. The van der Waals surface area contributed by atoms with Gasteiger partial charge >= 0.3 is 20.9 Å². The summed E-state index contributed by atoms with van der Waals surface area (Å²) in [7, 11) is 0. The molecule has 3 N–H and O–H groups in total. The number of nitrogens with one attached hydrogen (secondary N) is 3. The van der Waals surface area contributed by atoms with Crippen molar-refractivity contribution in [1.29, 1.82) is 0 Å². The number of hydrogen-bond donors (Lipinski definition) is 3. The van der Waals surface area contributed by atoms with Crippen molar-refractivity contribution in [1.82, 2.24) is 15.4 Å². The highest BCUT2D eigenvalue weighted by Crippen LogP contribution is 1.82. The molecule has 0 saturated carbocycles. The first kappa shape index (κ1) is 8.85. The summed E-state index contributed by atoms with van der Waals surface area (Å²) in [5.41, 5.74) is 0. The van der Waals surface area contributed by atoms with Crippen LogP contribution in [0.3, 0.4) is 0 Å². The van der Waals surface area contributed by atoms with E-state index in [4.69, 9.17) is 19.3 Å². The molecule has 0 radical (unpaired) electrons. The molecule has 1 heterocycles. The van der Waals surface area contributed by atoms with Crippen LogP contribution in [0, 0.1) is 36.7 Å². The molecule has 1 aliphatic heterocycles. The molecule has 0 spiro atoms. The minimum atomic E-state index is -0.270. The second kappa shape index (κ2) is 3.95. The van der Waals surface area contributed by atoms with Gasteiger partial charge in [0.15, 0.2) is 0 Å². The van der Waals surface area contributed by atoms with Crippen LogP contribution in [0.1, 0.15) is 0 Å². The van der Waals surface area contributed by atoms with Crippen molar-refractivity contribution in [2.75, 3.05) is 0 Å². The van der Waals surface area contributed by atoms with E-state index in [1.807, 2.05) is 0 Å². The molecule has 0 aromatic heterocycles. The van der Waals surface area contributed by atoms with E-state index < -0.39 is 0 Å². The molecule has 0 aliphatic carbocycles. The predicted molar refractivity (Wildman–Crippen MR) is 53.2 cm³/mol. The van der Waals surface area contributed by atoms with Gasteiger partial charge in [-0.1, -0.05) is 0 Å². The predicted octanol–water partition coefficient (Wildman–Crippen LogP) is -2.25. The average molecular weight is 153 g/mol. The molecule has 1 rings (SSSR count). The Morgan fingerprint density at radius 2 is 0.917 bits per heavy atom. The Bertz CT molecular complexity index is 230. The van der Waals surface area contributed by atoms with Crippen LogP contribution in [0.2, 0.25) is 0 Å². The van der Waals surface area contributed by atoms with Gasteiger partial charge < -0.3 is 15.4 Å². The van der Waals surface area contributed by atoms with Crippen molar-refractivity contribution in [3.8, 4) is 36.7 Å². The van der Waals surface area contributed by atoms with Crippen LogP contribution in [0.4, 0.5) is 0 Å². The van der Waals surface area contributed by atoms with Crippen molar-refractivity contribution in [2.24, 2.45) is 0 Å². The van der Waals surface area contributed by atoms with Crippen molar-refractivity contribution in [2.45, 2.75) is 0 Å². The Kier molecular flexibility index (Phi) is 2.91. The van der Waals surface area contributed by atoms with E-state index in [0.29, 0.717) is 0 Å². The van der Waals surface area contributed by atoms with E-state index in [1.54, 1.807) is 0 Å². The van der Waals surface area contributed by atoms with Gasteiger partial charge in [0.05, 0.1) is 0 Å². The van der Waals surface area contributed by atoms with Crippen molar-refractivity contribution in [3.05, 3.63) is 0 Å². The smallest absolute Gasteiger partial charge is 0.348 e. The third kappa shape index (κ3) is 1.88. The zero-order valence-corrected chi connectivity index (χ0v) is 6.46. The summed E-state index contributed by atoms with van der Waals surface area (Å²) in [5.74, 6) is 7.44. The quantitative estimate of drug-likeness (QED) is 0.271. The van der Waals surface area contributed by atoms with Gasteiger partial charge in [-0.2, -0.15) is 0 Å². The van der Waals surface area contributed by atoms with Gasteiger partial charge in [0.25, 0.3) is 0 Å². The average Bonchev–Trinajstić information content (AvgIpc) is 2.16. The largest absolute Gasteiger partial charge is 0.375 e. The second-order valence-corrected chi connectivity index (χ2v) is 2.30.